The smallest absolute Gasteiger partial charge is 0.274 e. The summed E-state index contributed by atoms with van der Waals surface area (Å²) in [4.78, 5) is 37.0. The molecule has 3 heterocycles. The highest BCUT2D eigenvalue weighted by atomic mass is 16.5. The Hall–Kier alpha value is -3.26. The number of rotatable bonds is 8. The van der Waals surface area contributed by atoms with E-state index in [-0.39, 0.29) is 17.2 Å². The number of aromatic nitrogens is 3. The predicted molar refractivity (Wildman–Crippen MR) is 139 cm³/mol. The Kier molecular flexibility index (Phi) is 6.23. The molecule has 3 aromatic rings. The van der Waals surface area contributed by atoms with Crippen LogP contribution >= 0.6 is 0 Å². The Morgan fingerprint density at radius 1 is 1.11 bits per heavy atom. The molecule has 37 heavy (non-hydrogen) atoms. The van der Waals surface area contributed by atoms with E-state index in [2.05, 4.69) is 15.3 Å². The number of imidazole rings is 1. The average Bonchev–Trinajstić information content (AvgIpc) is 3.32. The van der Waals surface area contributed by atoms with Crippen LogP contribution in [0.15, 0.2) is 42.7 Å². The first-order valence-corrected chi connectivity index (χ1v) is 13.4. The average molecular weight is 502 g/mol. The lowest BCUT2D eigenvalue weighted by Crippen LogP contribution is -2.51. The van der Waals surface area contributed by atoms with Crippen LogP contribution in [0.2, 0.25) is 0 Å². The molecule has 4 bridgehead atoms. The quantitative estimate of drug-likeness (QED) is 0.502. The second-order valence-electron chi connectivity index (χ2n) is 11.6. The lowest BCUT2D eigenvalue weighted by molar-refractivity contribution is -0.0503. The maximum absolute atomic E-state index is 13.3. The van der Waals surface area contributed by atoms with Crippen molar-refractivity contribution in [3.05, 3.63) is 65.4 Å². The van der Waals surface area contributed by atoms with Gasteiger partial charge in [0.2, 0.25) is 0 Å². The van der Waals surface area contributed by atoms with Crippen molar-refractivity contribution in [2.45, 2.75) is 51.7 Å². The number of nitrogens with one attached hydrogen (secondary N) is 1. The van der Waals surface area contributed by atoms with Crippen LogP contribution in [0.1, 0.15) is 70.8 Å². The van der Waals surface area contributed by atoms with Gasteiger partial charge in [-0.25, -0.2) is 4.98 Å². The zero-order chi connectivity index (χ0) is 25.6. The first kappa shape index (κ1) is 24.1. The standard InChI is InChI=1S/C29H35N5O3/c1-33(15-23-7-6-19(14-30-23)17-37-2)28(36)24-16-34-25(4-3-5-26(34)32-24)27(35)31-18-29-11-20-8-21(12-29)10-22(9-20)13-29/h3-7,14,16,20-22H,8-13,15,17-18H2,1-2H3,(H,31,35). The molecule has 0 spiro atoms. The summed E-state index contributed by atoms with van der Waals surface area (Å²) in [7, 11) is 3.38. The minimum absolute atomic E-state index is 0.105. The van der Waals surface area contributed by atoms with Gasteiger partial charge in [-0.05, 0) is 85.5 Å². The first-order valence-electron chi connectivity index (χ1n) is 13.4. The molecule has 194 valence electrons. The van der Waals surface area contributed by atoms with Crippen molar-refractivity contribution < 1.29 is 14.3 Å². The van der Waals surface area contributed by atoms with E-state index in [9.17, 15) is 9.59 Å². The van der Waals surface area contributed by atoms with Gasteiger partial charge in [-0.3, -0.25) is 19.0 Å². The van der Waals surface area contributed by atoms with Gasteiger partial charge in [0.25, 0.3) is 11.8 Å². The Bertz CT molecular complexity index is 1280. The summed E-state index contributed by atoms with van der Waals surface area (Å²) in [6.07, 6.45) is 11.4. The monoisotopic (exact) mass is 501 g/mol. The van der Waals surface area contributed by atoms with Gasteiger partial charge >= 0.3 is 0 Å². The van der Waals surface area contributed by atoms with Crippen LogP contribution in [0.25, 0.3) is 5.65 Å². The zero-order valence-electron chi connectivity index (χ0n) is 21.7. The first-order chi connectivity index (χ1) is 17.9. The number of methoxy groups -OCH3 is 1. The summed E-state index contributed by atoms with van der Waals surface area (Å²) in [6, 6.07) is 9.29. The fourth-order valence-corrected chi connectivity index (χ4v) is 7.47. The molecule has 4 saturated carbocycles. The summed E-state index contributed by atoms with van der Waals surface area (Å²) in [6.45, 7) is 1.60. The predicted octanol–water partition coefficient (Wildman–Crippen LogP) is 4.09. The number of hydrogen-bond acceptors (Lipinski definition) is 5. The summed E-state index contributed by atoms with van der Waals surface area (Å²) in [5.74, 6) is 2.23. The molecule has 0 aliphatic heterocycles. The van der Waals surface area contributed by atoms with Gasteiger partial charge in [0.15, 0.2) is 0 Å². The van der Waals surface area contributed by atoms with E-state index in [1.54, 1.807) is 41.9 Å². The van der Waals surface area contributed by atoms with Crippen LogP contribution in [0.4, 0.5) is 0 Å². The molecule has 4 aliphatic carbocycles. The number of ether oxygens (including phenoxy) is 1. The van der Waals surface area contributed by atoms with Crippen molar-refractivity contribution in [2.24, 2.45) is 23.2 Å². The molecule has 2 amide bonds. The highest BCUT2D eigenvalue weighted by molar-refractivity contribution is 5.95. The number of carbonyl (C=O) groups is 2. The molecule has 0 aromatic carbocycles. The van der Waals surface area contributed by atoms with Gasteiger partial charge in [-0.1, -0.05) is 12.1 Å². The fourth-order valence-electron chi connectivity index (χ4n) is 7.47. The third-order valence-corrected chi connectivity index (χ3v) is 8.68. The van der Waals surface area contributed by atoms with E-state index in [1.807, 2.05) is 24.3 Å². The number of hydrogen-bond donors (Lipinski definition) is 1. The van der Waals surface area contributed by atoms with Crippen LogP contribution in [0.5, 0.6) is 0 Å². The molecule has 0 unspecified atom stereocenters. The van der Waals surface area contributed by atoms with Crippen LogP contribution in [-0.4, -0.2) is 51.8 Å². The topological polar surface area (TPSA) is 88.8 Å². The maximum Gasteiger partial charge on any atom is 0.274 e. The molecule has 4 aliphatic rings. The van der Waals surface area contributed by atoms with E-state index in [1.165, 1.54) is 38.5 Å². The Morgan fingerprint density at radius 2 is 1.84 bits per heavy atom. The van der Waals surface area contributed by atoms with Crippen LogP contribution in [0, 0.1) is 23.2 Å². The number of pyridine rings is 2. The van der Waals surface area contributed by atoms with E-state index >= 15 is 0 Å². The summed E-state index contributed by atoms with van der Waals surface area (Å²) >= 11 is 0. The van der Waals surface area contributed by atoms with E-state index < -0.39 is 0 Å². The third-order valence-electron chi connectivity index (χ3n) is 8.68. The lowest BCUT2D eigenvalue weighted by Gasteiger charge is -2.56. The van der Waals surface area contributed by atoms with Crippen molar-refractivity contribution in [3.8, 4) is 0 Å². The SMILES string of the molecule is COCc1ccc(CN(C)C(=O)c2cn3c(C(=O)NCC45CC6CC(CC(C6)C4)C5)cccc3n2)nc1. The van der Waals surface area contributed by atoms with Gasteiger partial charge < -0.3 is 15.0 Å². The van der Waals surface area contributed by atoms with Gasteiger partial charge in [-0.2, -0.15) is 0 Å². The molecular weight excluding hydrogens is 466 g/mol. The molecule has 3 aromatic heterocycles. The van der Waals surface area contributed by atoms with Crippen LogP contribution in [0.3, 0.4) is 0 Å². The third kappa shape index (κ3) is 4.75. The van der Waals surface area contributed by atoms with Gasteiger partial charge in [-0.15, -0.1) is 0 Å². The van der Waals surface area contributed by atoms with Gasteiger partial charge in [0, 0.05) is 33.1 Å². The Balaban J connectivity index is 1.14. The van der Waals surface area contributed by atoms with Crippen molar-refractivity contribution >= 4 is 17.5 Å². The van der Waals surface area contributed by atoms with Gasteiger partial charge in [0.05, 0.1) is 18.8 Å². The highest BCUT2D eigenvalue weighted by Gasteiger charge is 2.50. The number of fused-ring (bicyclic) bond motifs is 1. The summed E-state index contributed by atoms with van der Waals surface area (Å²) in [5, 5.41) is 3.26. The number of carbonyl (C=O) groups excluding carboxylic acids is 2. The highest BCUT2D eigenvalue weighted by Crippen LogP contribution is 2.59. The molecule has 0 radical (unpaired) electrons. The van der Waals surface area contributed by atoms with Crippen molar-refractivity contribution in [3.63, 3.8) is 0 Å². The molecule has 0 atom stereocenters. The number of nitrogens with zero attached hydrogens (tertiary/aromatic N) is 4. The normalized spacial score (nSPS) is 25.9. The summed E-state index contributed by atoms with van der Waals surface area (Å²) in [5.41, 5.74) is 3.43. The lowest BCUT2D eigenvalue weighted by atomic mass is 9.49. The van der Waals surface area contributed by atoms with Crippen molar-refractivity contribution in [2.75, 3.05) is 20.7 Å². The minimum Gasteiger partial charge on any atom is -0.380 e. The summed E-state index contributed by atoms with van der Waals surface area (Å²) < 4.78 is 6.86. The second-order valence-corrected chi connectivity index (χ2v) is 11.6. The Morgan fingerprint density at radius 3 is 2.49 bits per heavy atom. The van der Waals surface area contributed by atoms with Gasteiger partial charge in [0.1, 0.15) is 17.0 Å². The minimum atomic E-state index is -0.216. The fraction of sp³-hybridized carbons (Fsp3) is 0.517. The maximum atomic E-state index is 13.3. The molecule has 8 nitrogen and oxygen atoms in total. The molecule has 1 N–H and O–H groups in total. The Labute approximate surface area is 217 Å². The van der Waals surface area contributed by atoms with E-state index in [4.69, 9.17) is 4.74 Å². The van der Waals surface area contributed by atoms with E-state index in [0.717, 1.165) is 35.6 Å². The van der Waals surface area contributed by atoms with Crippen molar-refractivity contribution in [1.29, 1.82) is 0 Å². The molecule has 8 heteroatoms. The molecule has 4 fully saturated rings. The van der Waals surface area contributed by atoms with E-state index in [0.29, 0.717) is 30.2 Å². The molecule has 7 rings (SSSR count). The van der Waals surface area contributed by atoms with Crippen LogP contribution in [-0.2, 0) is 17.9 Å². The largest absolute Gasteiger partial charge is 0.380 e. The second kappa shape index (κ2) is 9.56. The van der Waals surface area contributed by atoms with Crippen LogP contribution < -0.4 is 5.32 Å². The zero-order valence-corrected chi connectivity index (χ0v) is 21.7. The number of amides is 2. The molecule has 0 saturated heterocycles. The molecular formula is C29H35N5O3. The van der Waals surface area contributed by atoms with Crippen molar-refractivity contribution in [1.82, 2.24) is 24.6 Å².